The van der Waals surface area contributed by atoms with Crippen LogP contribution >= 0.6 is 11.6 Å². The van der Waals surface area contributed by atoms with Crippen LogP contribution in [0.25, 0.3) is 0 Å². The van der Waals surface area contributed by atoms with E-state index in [-0.39, 0.29) is 11.9 Å². The topological polar surface area (TPSA) is 12.0 Å². The lowest BCUT2D eigenvalue weighted by atomic mass is 9.95. The summed E-state index contributed by atoms with van der Waals surface area (Å²) in [7, 11) is 1.85. The third kappa shape index (κ3) is 2.46. The van der Waals surface area contributed by atoms with E-state index in [9.17, 15) is 4.39 Å². The van der Waals surface area contributed by atoms with E-state index in [4.69, 9.17) is 11.6 Å². The zero-order valence-corrected chi connectivity index (χ0v) is 12.2. The molecule has 1 unspecified atom stereocenters. The molecule has 0 saturated carbocycles. The molecule has 0 aromatic heterocycles. The Bertz CT molecular complexity index is 639. The number of nitrogens with one attached hydrogen (secondary N) is 1. The standard InChI is InChI=1S/C17H17ClFN/c1-20-17(15-8-7-14(18)10-16(15)19)13-6-5-11-3-2-4-12(11)9-13/h5-10,17,20H,2-4H2,1H3. The summed E-state index contributed by atoms with van der Waals surface area (Å²) in [6.07, 6.45) is 3.51. The molecule has 2 aromatic carbocycles. The van der Waals surface area contributed by atoms with Crippen LogP contribution in [-0.4, -0.2) is 7.05 Å². The molecule has 0 fully saturated rings. The number of hydrogen-bond acceptors (Lipinski definition) is 1. The van der Waals surface area contributed by atoms with E-state index in [1.165, 1.54) is 23.6 Å². The minimum absolute atomic E-state index is 0.141. The van der Waals surface area contributed by atoms with Gasteiger partial charge in [-0.25, -0.2) is 4.39 Å². The van der Waals surface area contributed by atoms with Gasteiger partial charge in [0.2, 0.25) is 0 Å². The first kappa shape index (κ1) is 13.6. The molecule has 1 N–H and O–H groups in total. The maximum atomic E-state index is 14.1. The zero-order valence-electron chi connectivity index (χ0n) is 11.4. The van der Waals surface area contributed by atoms with Crippen LogP contribution in [0.3, 0.4) is 0 Å². The van der Waals surface area contributed by atoms with Crippen LogP contribution in [0.5, 0.6) is 0 Å². The van der Waals surface area contributed by atoms with E-state index < -0.39 is 0 Å². The highest BCUT2D eigenvalue weighted by atomic mass is 35.5. The number of rotatable bonds is 3. The number of fused-ring (bicyclic) bond motifs is 1. The summed E-state index contributed by atoms with van der Waals surface area (Å²) in [6.45, 7) is 0. The molecule has 104 valence electrons. The first-order valence-electron chi connectivity index (χ1n) is 6.93. The molecule has 0 spiro atoms. The second kappa shape index (κ2) is 5.55. The summed E-state index contributed by atoms with van der Waals surface area (Å²) in [4.78, 5) is 0. The third-order valence-corrected chi connectivity index (χ3v) is 4.25. The van der Waals surface area contributed by atoms with Crippen molar-refractivity contribution in [3.05, 3.63) is 69.5 Å². The number of aryl methyl sites for hydroxylation is 2. The van der Waals surface area contributed by atoms with Gasteiger partial charge in [-0.05, 0) is 55.1 Å². The van der Waals surface area contributed by atoms with Crippen LogP contribution in [-0.2, 0) is 12.8 Å². The third-order valence-electron chi connectivity index (χ3n) is 4.02. The van der Waals surface area contributed by atoms with E-state index in [1.807, 2.05) is 7.05 Å². The molecule has 0 bridgehead atoms. The summed E-state index contributed by atoms with van der Waals surface area (Å²) in [5, 5.41) is 3.63. The number of benzene rings is 2. The van der Waals surface area contributed by atoms with E-state index >= 15 is 0 Å². The highest BCUT2D eigenvalue weighted by Crippen LogP contribution is 2.30. The number of hydrogen-bond donors (Lipinski definition) is 1. The molecule has 1 atom stereocenters. The van der Waals surface area contributed by atoms with Crippen molar-refractivity contribution >= 4 is 11.6 Å². The van der Waals surface area contributed by atoms with Crippen molar-refractivity contribution < 1.29 is 4.39 Å². The predicted octanol–water partition coefficient (Wildman–Crippen LogP) is 4.28. The van der Waals surface area contributed by atoms with Crippen molar-refractivity contribution in [3.63, 3.8) is 0 Å². The van der Waals surface area contributed by atoms with Crippen molar-refractivity contribution in [3.8, 4) is 0 Å². The molecule has 20 heavy (non-hydrogen) atoms. The molecular weight excluding hydrogens is 273 g/mol. The molecule has 2 aromatic rings. The SMILES string of the molecule is CNC(c1ccc2c(c1)CCC2)c1ccc(Cl)cc1F. The fraction of sp³-hybridized carbons (Fsp3) is 0.294. The van der Waals surface area contributed by atoms with Gasteiger partial charge < -0.3 is 5.32 Å². The highest BCUT2D eigenvalue weighted by molar-refractivity contribution is 6.30. The average Bonchev–Trinajstić information content (AvgIpc) is 2.89. The van der Waals surface area contributed by atoms with Crippen LogP contribution in [0.1, 0.15) is 34.7 Å². The monoisotopic (exact) mass is 289 g/mol. The Morgan fingerprint density at radius 1 is 1.10 bits per heavy atom. The van der Waals surface area contributed by atoms with Gasteiger partial charge in [0.15, 0.2) is 0 Å². The molecule has 0 amide bonds. The Hall–Kier alpha value is -1.38. The van der Waals surface area contributed by atoms with Gasteiger partial charge in [-0.1, -0.05) is 35.9 Å². The number of halogens is 2. The molecule has 1 nitrogen and oxygen atoms in total. The Morgan fingerprint density at radius 3 is 2.65 bits per heavy atom. The van der Waals surface area contributed by atoms with Gasteiger partial charge >= 0.3 is 0 Å². The van der Waals surface area contributed by atoms with Gasteiger partial charge in [0.05, 0.1) is 6.04 Å². The van der Waals surface area contributed by atoms with Gasteiger partial charge in [-0.15, -0.1) is 0 Å². The Labute approximate surface area is 123 Å². The fourth-order valence-corrected chi connectivity index (χ4v) is 3.17. The summed E-state index contributed by atoms with van der Waals surface area (Å²) >= 11 is 5.83. The minimum atomic E-state index is -0.266. The fourth-order valence-electron chi connectivity index (χ4n) is 3.01. The van der Waals surface area contributed by atoms with Gasteiger partial charge in [0.1, 0.15) is 5.82 Å². The van der Waals surface area contributed by atoms with Crippen molar-refractivity contribution in [2.75, 3.05) is 7.05 Å². The van der Waals surface area contributed by atoms with Gasteiger partial charge in [-0.3, -0.25) is 0 Å². The lowest BCUT2D eigenvalue weighted by molar-refractivity contribution is 0.576. The van der Waals surface area contributed by atoms with Crippen LogP contribution in [0.2, 0.25) is 5.02 Å². The smallest absolute Gasteiger partial charge is 0.129 e. The first-order chi connectivity index (χ1) is 9.69. The van der Waals surface area contributed by atoms with Crippen molar-refractivity contribution in [1.29, 1.82) is 0 Å². The van der Waals surface area contributed by atoms with E-state index in [0.29, 0.717) is 10.6 Å². The summed E-state index contributed by atoms with van der Waals surface area (Å²) in [5.41, 5.74) is 4.57. The molecule has 0 radical (unpaired) electrons. The summed E-state index contributed by atoms with van der Waals surface area (Å²) < 4.78 is 14.1. The predicted molar refractivity (Wildman–Crippen MR) is 80.8 cm³/mol. The molecule has 1 aliphatic carbocycles. The second-order valence-electron chi connectivity index (χ2n) is 5.27. The van der Waals surface area contributed by atoms with Crippen LogP contribution < -0.4 is 5.32 Å². The molecule has 1 aliphatic rings. The Morgan fingerprint density at radius 2 is 1.90 bits per heavy atom. The zero-order chi connectivity index (χ0) is 14.1. The van der Waals surface area contributed by atoms with Crippen LogP contribution in [0.15, 0.2) is 36.4 Å². The maximum Gasteiger partial charge on any atom is 0.129 e. The van der Waals surface area contributed by atoms with Crippen LogP contribution in [0, 0.1) is 5.82 Å². The van der Waals surface area contributed by atoms with Crippen molar-refractivity contribution in [2.45, 2.75) is 25.3 Å². The van der Waals surface area contributed by atoms with Gasteiger partial charge in [0, 0.05) is 10.6 Å². The molecule has 3 rings (SSSR count). The summed E-state index contributed by atoms with van der Waals surface area (Å²) in [6, 6.07) is 11.2. The second-order valence-corrected chi connectivity index (χ2v) is 5.71. The lowest BCUT2D eigenvalue weighted by Crippen LogP contribution is -2.19. The van der Waals surface area contributed by atoms with E-state index in [2.05, 4.69) is 23.5 Å². The largest absolute Gasteiger partial charge is 0.309 e. The van der Waals surface area contributed by atoms with E-state index in [0.717, 1.165) is 18.4 Å². The summed E-state index contributed by atoms with van der Waals surface area (Å²) in [5.74, 6) is -0.266. The Kier molecular flexibility index (Phi) is 3.77. The minimum Gasteiger partial charge on any atom is -0.309 e. The van der Waals surface area contributed by atoms with Crippen LogP contribution in [0.4, 0.5) is 4.39 Å². The first-order valence-corrected chi connectivity index (χ1v) is 7.31. The molecule has 3 heteroatoms. The van der Waals surface area contributed by atoms with Crippen molar-refractivity contribution in [1.82, 2.24) is 5.32 Å². The Balaban J connectivity index is 2.01. The van der Waals surface area contributed by atoms with Gasteiger partial charge in [0.25, 0.3) is 0 Å². The molecule has 0 heterocycles. The van der Waals surface area contributed by atoms with E-state index in [1.54, 1.807) is 12.1 Å². The normalized spacial score (nSPS) is 15.2. The lowest BCUT2D eigenvalue weighted by Gasteiger charge is -2.19. The molecule has 0 aliphatic heterocycles. The molecular formula is C17H17ClFN. The quantitative estimate of drug-likeness (QED) is 0.889. The van der Waals surface area contributed by atoms with Gasteiger partial charge in [-0.2, -0.15) is 0 Å². The molecule has 0 saturated heterocycles. The highest BCUT2D eigenvalue weighted by Gasteiger charge is 2.19. The maximum absolute atomic E-state index is 14.1. The average molecular weight is 290 g/mol. The van der Waals surface area contributed by atoms with Crippen molar-refractivity contribution in [2.24, 2.45) is 0 Å².